The van der Waals surface area contributed by atoms with Crippen molar-refractivity contribution < 1.29 is 9.84 Å². The van der Waals surface area contributed by atoms with E-state index < -0.39 is 5.79 Å². The van der Waals surface area contributed by atoms with Gasteiger partial charge in [0, 0.05) is 12.8 Å². The van der Waals surface area contributed by atoms with E-state index in [1.54, 1.807) is 0 Å². The lowest BCUT2D eigenvalue weighted by Crippen LogP contribution is -2.33. The Morgan fingerprint density at radius 1 is 0.923 bits per heavy atom. The Balaban J connectivity index is 1.81. The molecule has 2 rings (SSSR count). The zero-order valence-electron chi connectivity index (χ0n) is 8.26. The second-order valence-electron chi connectivity index (χ2n) is 4.50. The Morgan fingerprint density at radius 2 is 1.54 bits per heavy atom. The molecular formula is C11H19O2. The van der Waals surface area contributed by atoms with E-state index in [2.05, 4.69) is 0 Å². The smallest absolute Gasteiger partial charge is 0.201 e. The maximum absolute atomic E-state index is 11.9. The molecule has 2 aliphatic rings. The molecule has 2 fully saturated rings. The molecule has 0 unspecified atom stereocenters. The Kier molecular flexibility index (Phi) is 2.89. The molecule has 2 aliphatic carbocycles. The molecule has 0 spiro atoms. The van der Waals surface area contributed by atoms with Crippen LogP contribution in [0.5, 0.6) is 0 Å². The fourth-order valence-electron chi connectivity index (χ4n) is 2.52. The third-order valence-corrected chi connectivity index (χ3v) is 3.30. The van der Waals surface area contributed by atoms with Crippen molar-refractivity contribution in [3.63, 3.8) is 0 Å². The van der Waals surface area contributed by atoms with Crippen LogP contribution in [0.15, 0.2) is 0 Å². The van der Waals surface area contributed by atoms with Crippen molar-refractivity contribution in [2.75, 3.05) is 0 Å². The summed E-state index contributed by atoms with van der Waals surface area (Å²) < 4.78 is 5.68. The van der Waals surface area contributed by atoms with Crippen LogP contribution in [-0.2, 0) is 9.84 Å². The molecule has 2 nitrogen and oxygen atoms in total. The minimum Gasteiger partial charge on any atom is -0.344 e. The molecule has 2 saturated carbocycles. The van der Waals surface area contributed by atoms with Crippen molar-refractivity contribution in [3.8, 4) is 0 Å². The molecule has 75 valence electrons. The number of rotatable bonds is 2. The highest BCUT2D eigenvalue weighted by Gasteiger charge is 2.36. The molecule has 0 N–H and O–H groups in total. The molecule has 0 bridgehead atoms. The van der Waals surface area contributed by atoms with E-state index >= 15 is 0 Å². The first-order valence-electron chi connectivity index (χ1n) is 5.67. The third-order valence-electron chi connectivity index (χ3n) is 3.30. The lowest BCUT2D eigenvalue weighted by atomic mass is 9.97. The molecule has 0 aromatic rings. The molecule has 0 saturated heterocycles. The molecule has 0 aromatic heterocycles. The van der Waals surface area contributed by atoms with Crippen LogP contribution in [0.25, 0.3) is 0 Å². The summed E-state index contributed by atoms with van der Waals surface area (Å²) >= 11 is 0. The van der Waals surface area contributed by atoms with Gasteiger partial charge >= 0.3 is 0 Å². The summed E-state index contributed by atoms with van der Waals surface area (Å²) in [7, 11) is 0. The highest BCUT2D eigenvalue weighted by Crippen LogP contribution is 2.35. The summed E-state index contributed by atoms with van der Waals surface area (Å²) in [6.45, 7) is 0. The summed E-state index contributed by atoms with van der Waals surface area (Å²) in [6, 6.07) is 0. The zero-order chi connectivity index (χ0) is 9.15. The van der Waals surface area contributed by atoms with Gasteiger partial charge in [0.25, 0.3) is 0 Å². The summed E-state index contributed by atoms with van der Waals surface area (Å²) in [5, 5.41) is 11.9. The van der Waals surface area contributed by atoms with Crippen LogP contribution in [0.3, 0.4) is 0 Å². The van der Waals surface area contributed by atoms with Gasteiger partial charge < -0.3 is 4.74 Å². The van der Waals surface area contributed by atoms with E-state index in [1.165, 1.54) is 19.3 Å². The molecular weight excluding hydrogens is 164 g/mol. The highest BCUT2D eigenvalue weighted by molar-refractivity contribution is 4.77. The van der Waals surface area contributed by atoms with Crippen LogP contribution in [-0.4, -0.2) is 11.9 Å². The van der Waals surface area contributed by atoms with Gasteiger partial charge in [-0.3, -0.25) is 0 Å². The minimum atomic E-state index is -0.998. The Hall–Kier alpha value is -0.0800. The number of ether oxygens (including phenoxy) is 1. The molecule has 2 heteroatoms. The summed E-state index contributed by atoms with van der Waals surface area (Å²) in [6.07, 6.45) is 9.95. The van der Waals surface area contributed by atoms with Crippen LogP contribution in [0, 0.1) is 0 Å². The molecule has 0 aliphatic heterocycles. The van der Waals surface area contributed by atoms with Crippen LogP contribution in [0.4, 0.5) is 0 Å². The monoisotopic (exact) mass is 183 g/mol. The van der Waals surface area contributed by atoms with E-state index in [0.29, 0.717) is 0 Å². The van der Waals surface area contributed by atoms with Gasteiger partial charge in [-0.15, -0.1) is 0 Å². The standard InChI is InChI=1S/C11H19O2/c12-11(8-4-5-9-11)13-10-6-2-1-3-7-10/h10H,1-9H2. The van der Waals surface area contributed by atoms with Crippen LogP contribution >= 0.6 is 0 Å². The first kappa shape index (κ1) is 9.47. The average molecular weight is 183 g/mol. The van der Waals surface area contributed by atoms with Gasteiger partial charge in [-0.2, -0.15) is 5.11 Å². The third kappa shape index (κ3) is 2.44. The van der Waals surface area contributed by atoms with Gasteiger partial charge in [-0.25, -0.2) is 0 Å². The molecule has 0 heterocycles. The second kappa shape index (κ2) is 3.97. The molecule has 0 amide bonds. The van der Waals surface area contributed by atoms with Crippen molar-refractivity contribution in [1.29, 1.82) is 0 Å². The van der Waals surface area contributed by atoms with Crippen LogP contribution in [0.1, 0.15) is 57.8 Å². The second-order valence-corrected chi connectivity index (χ2v) is 4.50. The predicted octanol–water partition coefficient (Wildman–Crippen LogP) is 3.04. The largest absolute Gasteiger partial charge is 0.344 e. The van der Waals surface area contributed by atoms with Crippen molar-refractivity contribution in [2.24, 2.45) is 0 Å². The van der Waals surface area contributed by atoms with E-state index in [9.17, 15) is 5.11 Å². The van der Waals surface area contributed by atoms with Crippen LogP contribution in [0.2, 0.25) is 0 Å². The molecule has 0 aromatic carbocycles. The van der Waals surface area contributed by atoms with Gasteiger partial charge in [0.15, 0.2) is 0 Å². The van der Waals surface area contributed by atoms with Crippen molar-refractivity contribution in [1.82, 2.24) is 0 Å². The van der Waals surface area contributed by atoms with Gasteiger partial charge in [0.1, 0.15) is 0 Å². The molecule has 13 heavy (non-hydrogen) atoms. The van der Waals surface area contributed by atoms with E-state index in [-0.39, 0.29) is 6.10 Å². The lowest BCUT2D eigenvalue weighted by Gasteiger charge is -2.29. The minimum absolute atomic E-state index is 0.282. The Bertz CT molecular complexity index is 155. The molecule has 1 radical (unpaired) electrons. The predicted molar refractivity (Wildman–Crippen MR) is 49.8 cm³/mol. The highest BCUT2D eigenvalue weighted by atomic mass is 16.6. The summed E-state index contributed by atoms with van der Waals surface area (Å²) in [5.74, 6) is -0.998. The van der Waals surface area contributed by atoms with Crippen molar-refractivity contribution in [2.45, 2.75) is 69.7 Å². The van der Waals surface area contributed by atoms with Crippen molar-refractivity contribution >= 4 is 0 Å². The topological polar surface area (TPSA) is 29.1 Å². The number of hydrogen-bond donors (Lipinski definition) is 0. The SMILES string of the molecule is [O]C1(OC2CCCCC2)CCCC1. The fraction of sp³-hybridized carbons (Fsp3) is 1.00. The number of hydrogen-bond acceptors (Lipinski definition) is 1. The molecule has 0 atom stereocenters. The quantitative estimate of drug-likeness (QED) is 0.605. The van der Waals surface area contributed by atoms with E-state index in [4.69, 9.17) is 4.74 Å². The van der Waals surface area contributed by atoms with Gasteiger partial charge in [0.2, 0.25) is 5.79 Å². The maximum Gasteiger partial charge on any atom is 0.201 e. The van der Waals surface area contributed by atoms with Crippen molar-refractivity contribution in [3.05, 3.63) is 0 Å². The fourth-order valence-corrected chi connectivity index (χ4v) is 2.52. The van der Waals surface area contributed by atoms with Crippen LogP contribution < -0.4 is 0 Å². The zero-order valence-corrected chi connectivity index (χ0v) is 8.26. The maximum atomic E-state index is 11.9. The Labute approximate surface area is 80.3 Å². The van der Waals surface area contributed by atoms with E-state index in [0.717, 1.165) is 38.5 Å². The lowest BCUT2D eigenvalue weighted by molar-refractivity contribution is -0.262. The summed E-state index contributed by atoms with van der Waals surface area (Å²) in [5.41, 5.74) is 0. The Morgan fingerprint density at radius 3 is 2.15 bits per heavy atom. The van der Waals surface area contributed by atoms with Gasteiger partial charge in [-0.05, 0) is 25.7 Å². The van der Waals surface area contributed by atoms with E-state index in [1.807, 2.05) is 0 Å². The first-order chi connectivity index (χ1) is 6.29. The first-order valence-corrected chi connectivity index (χ1v) is 5.67. The average Bonchev–Trinajstić information content (AvgIpc) is 2.54. The summed E-state index contributed by atoms with van der Waals surface area (Å²) in [4.78, 5) is 0. The van der Waals surface area contributed by atoms with Gasteiger partial charge in [0.05, 0.1) is 6.10 Å². The van der Waals surface area contributed by atoms with Gasteiger partial charge in [-0.1, -0.05) is 19.3 Å². The normalized spacial score (nSPS) is 29.3.